The molecule has 0 saturated carbocycles. The minimum absolute atomic E-state index is 0.327. The van der Waals surface area contributed by atoms with Gasteiger partial charge in [-0.15, -0.1) is 0 Å². The summed E-state index contributed by atoms with van der Waals surface area (Å²) in [6, 6.07) is 9.83. The van der Waals surface area contributed by atoms with Gasteiger partial charge in [-0.1, -0.05) is 18.2 Å². The molecule has 3 heteroatoms. The third kappa shape index (κ3) is 3.48. The normalized spacial score (nSPS) is 21.8. The van der Waals surface area contributed by atoms with Crippen molar-refractivity contribution >= 4 is 0 Å². The van der Waals surface area contributed by atoms with E-state index in [0.29, 0.717) is 18.1 Å². The van der Waals surface area contributed by atoms with Gasteiger partial charge in [0.05, 0.1) is 7.11 Å². The molecule has 1 aliphatic heterocycles. The average molecular weight is 262 g/mol. The quantitative estimate of drug-likeness (QED) is 0.883. The summed E-state index contributed by atoms with van der Waals surface area (Å²) in [7, 11) is 1.74. The fourth-order valence-corrected chi connectivity index (χ4v) is 2.86. The fourth-order valence-electron chi connectivity index (χ4n) is 2.86. The van der Waals surface area contributed by atoms with Crippen LogP contribution in [-0.2, 0) is 0 Å². The maximum absolute atomic E-state index is 5.44. The Morgan fingerprint density at radius 3 is 2.63 bits per heavy atom. The molecule has 2 atom stereocenters. The standard InChI is InChI=1S/C16H26N2O/c1-12(2)18-10-9-14(11-18)17-13(3)15-7-5-6-8-16(15)19-4/h5-8,12-14,17H,9-11H2,1-4H3/t13-,14?/m0/s1. The second-order valence-electron chi connectivity index (χ2n) is 5.70. The SMILES string of the molecule is COc1ccccc1[C@H](C)NC1CCN(C(C)C)C1. The molecular weight excluding hydrogens is 236 g/mol. The van der Waals surface area contributed by atoms with Gasteiger partial charge in [-0.3, -0.25) is 4.90 Å². The summed E-state index contributed by atoms with van der Waals surface area (Å²) in [5.74, 6) is 0.973. The highest BCUT2D eigenvalue weighted by atomic mass is 16.5. The Morgan fingerprint density at radius 2 is 2.00 bits per heavy atom. The number of ether oxygens (including phenoxy) is 1. The van der Waals surface area contributed by atoms with E-state index in [1.54, 1.807) is 7.11 Å². The van der Waals surface area contributed by atoms with Gasteiger partial charge in [0.25, 0.3) is 0 Å². The molecule has 1 aliphatic rings. The van der Waals surface area contributed by atoms with E-state index in [0.717, 1.165) is 12.3 Å². The summed E-state index contributed by atoms with van der Waals surface area (Å²) in [4.78, 5) is 2.53. The van der Waals surface area contributed by atoms with Gasteiger partial charge in [-0.05, 0) is 39.8 Å². The van der Waals surface area contributed by atoms with Crippen LogP contribution in [0.1, 0.15) is 38.8 Å². The number of nitrogens with zero attached hydrogens (tertiary/aromatic N) is 1. The third-order valence-electron chi connectivity index (χ3n) is 4.04. The van der Waals surface area contributed by atoms with Crippen molar-refractivity contribution in [3.63, 3.8) is 0 Å². The Labute approximate surface area is 116 Å². The minimum atomic E-state index is 0.327. The lowest BCUT2D eigenvalue weighted by molar-refractivity contribution is 0.265. The first-order valence-corrected chi connectivity index (χ1v) is 7.24. The number of hydrogen-bond acceptors (Lipinski definition) is 3. The highest BCUT2D eigenvalue weighted by molar-refractivity contribution is 5.35. The molecular formula is C16H26N2O. The van der Waals surface area contributed by atoms with Crippen LogP contribution in [0, 0.1) is 0 Å². The first-order valence-electron chi connectivity index (χ1n) is 7.24. The maximum atomic E-state index is 5.44. The largest absolute Gasteiger partial charge is 0.496 e. The molecule has 0 bridgehead atoms. The highest BCUT2D eigenvalue weighted by Crippen LogP contribution is 2.25. The van der Waals surface area contributed by atoms with Gasteiger partial charge in [0, 0.05) is 30.2 Å². The molecule has 2 rings (SSSR count). The van der Waals surface area contributed by atoms with Gasteiger partial charge >= 0.3 is 0 Å². The van der Waals surface area contributed by atoms with Gasteiger partial charge in [0.1, 0.15) is 5.75 Å². The number of benzene rings is 1. The van der Waals surface area contributed by atoms with Crippen LogP contribution in [0.15, 0.2) is 24.3 Å². The first kappa shape index (κ1) is 14.4. The molecule has 19 heavy (non-hydrogen) atoms. The second kappa shape index (κ2) is 6.40. The zero-order chi connectivity index (χ0) is 13.8. The van der Waals surface area contributed by atoms with Gasteiger partial charge in [-0.2, -0.15) is 0 Å². The zero-order valence-electron chi connectivity index (χ0n) is 12.5. The summed E-state index contributed by atoms with van der Waals surface area (Å²) in [5.41, 5.74) is 1.24. The average Bonchev–Trinajstić information content (AvgIpc) is 2.87. The molecule has 1 fully saturated rings. The van der Waals surface area contributed by atoms with Crippen molar-refractivity contribution in [3.8, 4) is 5.75 Å². The summed E-state index contributed by atoms with van der Waals surface area (Å²) in [5, 5.41) is 3.73. The summed E-state index contributed by atoms with van der Waals surface area (Å²) in [6.45, 7) is 9.11. The van der Waals surface area contributed by atoms with Crippen LogP contribution < -0.4 is 10.1 Å². The number of nitrogens with one attached hydrogen (secondary N) is 1. The first-order chi connectivity index (χ1) is 9.11. The van der Waals surface area contributed by atoms with E-state index in [1.807, 2.05) is 12.1 Å². The van der Waals surface area contributed by atoms with Crippen molar-refractivity contribution in [1.82, 2.24) is 10.2 Å². The van der Waals surface area contributed by atoms with Crippen molar-refractivity contribution in [2.75, 3.05) is 20.2 Å². The molecule has 1 aromatic rings. The lowest BCUT2D eigenvalue weighted by Crippen LogP contribution is -2.36. The van der Waals surface area contributed by atoms with E-state index < -0.39 is 0 Å². The van der Waals surface area contributed by atoms with Crippen LogP contribution >= 0.6 is 0 Å². The van der Waals surface area contributed by atoms with E-state index in [4.69, 9.17) is 4.74 Å². The van der Waals surface area contributed by atoms with E-state index in [1.165, 1.54) is 18.5 Å². The second-order valence-corrected chi connectivity index (χ2v) is 5.70. The zero-order valence-corrected chi connectivity index (χ0v) is 12.5. The van der Waals surface area contributed by atoms with Crippen molar-refractivity contribution in [3.05, 3.63) is 29.8 Å². The summed E-state index contributed by atoms with van der Waals surface area (Å²) >= 11 is 0. The van der Waals surface area contributed by atoms with Gasteiger partial charge in [-0.25, -0.2) is 0 Å². The Balaban J connectivity index is 1.96. The van der Waals surface area contributed by atoms with Crippen molar-refractivity contribution in [2.45, 2.75) is 45.3 Å². The molecule has 1 heterocycles. The lowest BCUT2D eigenvalue weighted by atomic mass is 10.1. The molecule has 0 aliphatic carbocycles. The monoisotopic (exact) mass is 262 g/mol. The van der Waals surface area contributed by atoms with E-state index >= 15 is 0 Å². The molecule has 1 N–H and O–H groups in total. The van der Waals surface area contributed by atoms with Crippen LogP contribution in [0.25, 0.3) is 0 Å². The van der Waals surface area contributed by atoms with Crippen molar-refractivity contribution in [2.24, 2.45) is 0 Å². The Morgan fingerprint density at radius 1 is 1.26 bits per heavy atom. The van der Waals surface area contributed by atoms with Crippen LogP contribution in [0.4, 0.5) is 0 Å². The van der Waals surface area contributed by atoms with Crippen LogP contribution in [0.5, 0.6) is 5.75 Å². The number of methoxy groups -OCH3 is 1. The predicted octanol–water partition coefficient (Wildman–Crippen LogP) is 2.83. The van der Waals surface area contributed by atoms with Gasteiger partial charge in [0.15, 0.2) is 0 Å². The lowest BCUT2D eigenvalue weighted by Gasteiger charge is -2.23. The number of para-hydroxylation sites is 1. The highest BCUT2D eigenvalue weighted by Gasteiger charge is 2.25. The smallest absolute Gasteiger partial charge is 0.123 e. The molecule has 3 nitrogen and oxygen atoms in total. The maximum Gasteiger partial charge on any atom is 0.123 e. The molecule has 1 aromatic carbocycles. The molecule has 0 radical (unpaired) electrons. The summed E-state index contributed by atoms with van der Waals surface area (Å²) < 4.78 is 5.44. The Kier molecular flexibility index (Phi) is 4.83. The molecule has 1 unspecified atom stereocenters. The van der Waals surface area contributed by atoms with E-state index in [9.17, 15) is 0 Å². The molecule has 1 saturated heterocycles. The van der Waals surface area contributed by atoms with Crippen molar-refractivity contribution < 1.29 is 4.74 Å². The molecule has 0 amide bonds. The predicted molar refractivity (Wildman–Crippen MR) is 79.7 cm³/mol. The topological polar surface area (TPSA) is 24.5 Å². The minimum Gasteiger partial charge on any atom is -0.496 e. The van der Waals surface area contributed by atoms with Crippen LogP contribution in [0.2, 0.25) is 0 Å². The molecule has 0 spiro atoms. The van der Waals surface area contributed by atoms with Crippen LogP contribution in [-0.4, -0.2) is 37.2 Å². The van der Waals surface area contributed by atoms with Crippen LogP contribution in [0.3, 0.4) is 0 Å². The summed E-state index contributed by atoms with van der Waals surface area (Å²) in [6.07, 6.45) is 1.23. The Bertz CT molecular complexity index is 405. The van der Waals surface area contributed by atoms with Gasteiger partial charge in [0.2, 0.25) is 0 Å². The number of rotatable bonds is 5. The fraction of sp³-hybridized carbons (Fsp3) is 0.625. The van der Waals surface area contributed by atoms with E-state index in [2.05, 4.69) is 43.1 Å². The van der Waals surface area contributed by atoms with Gasteiger partial charge < -0.3 is 10.1 Å². The number of likely N-dealkylation sites (tertiary alicyclic amines) is 1. The Hall–Kier alpha value is -1.06. The molecule has 106 valence electrons. The van der Waals surface area contributed by atoms with E-state index in [-0.39, 0.29) is 0 Å². The molecule has 0 aromatic heterocycles. The number of hydrogen-bond donors (Lipinski definition) is 1. The van der Waals surface area contributed by atoms with Crippen molar-refractivity contribution in [1.29, 1.82) is 0 Å². The third-order valence-corrected chi connectivity index (χ3v) is 4.04.